The van der Waals surface area contributed by atoms with Crippen LogP contribution in [0.1, 0.15) is 47.0 Å². The molecule has 2 nitrogen and oxygen atoms in total. The Hall–Kier alpha value is 0.210. The second-order valence-corrected chi connectivity index (χ2v) is 6.21. The number of β-amino-alcohol motifs (C(OH)–C–C–N with tert-alkyl or cyclic N) is 1. The van der Waals surface area contributed by atoms with Gasteiger partial charge >= 0.3 is 0 Å². The molecule has 0 bridgehead atoms. The topological polar surface area (TPSA) is 23.5 Å². The van der Waals surface area contributed by atoms with Crippen molar-refractivity contribution >= 4 is 11.6 Å². The maximum absolute atomic E-state index is 9.70. The second-order valence-electron chi connectivity index (χ2n) is 5.90. The summed E-state index contributed by atoms with van der Waals surface area (Å²) in [5, 5.41) is 9.70. The maximum Gasteiger partial charge on any atom is 0.0802 e. The fourth-order valence-electron chi connectivity index (χ4n) is 2.80. The first kappa shape index (κ1) is 13.3. The van der Waals surface area contributed by atoms with E-state index >= 15 is 0 Å². The van der Waals surface area contributed by atoms with E-state index in [9.17, 15) is 5.11 Å². The number of nitrogens with zero attached hydrogens (tertiary/aromatic N) is 1. The molecule has 3 heteroatoms. The van der Waals surface area contributed by atoms with Gasteiger partial charge in [-0.25, -0.2) is 0 Å². The number of likely N-dealkylation sites (tertiary alicyclic amines) is 1. The van der Waals surface area contributed by atoms with Gasteiger partial charge in [0.05, 0.1) is 6.10 Å². The molecule has 1 atom stereocenters. The Labute approximate surface area is 98.6 Å². The van der Waals surface area contributed by atoms with Gasteiger partial charge in [-0.15, -0.1) is 11.6 Å². The number of rotatable bonds is 3. The summed E-state index contributed by atoms with van der Waals surface area (Å²) in [4.78, 5) is 2.41. The molecule has 1 saturated heterocycles. The summed E-state index contributed by atoms with van der Waals surface area (Å²) >= 11 is 5.68. The fraction of sp³-hybridized carbons (Fsp3) is 1.00. The van der Waals surface area contributed by atoms with E-state index in [-0.39, 0.29) is 11.1 Å². The zero-order valence-corrected chi connectivity index (χ0v) is 11.1. The quantitative estimate of drug-likeness (QED) is 0.758. The lowest BCUT2D eigenvalue weighted by Crippen LogP contribution is -2.60. The van der Waals surface area contributed by atoms with E-state index in [1.165, 1.54) is 19.3 Å². The molecule has 0 aromatic heterocycles. The van der Waals surface area contributed by atoms with Gasteiger partial charge < -0.3 is 5.11 Å². The fourth-order valence-corrected chi connectivity index (χ4v) is 2.89. The van der Waals surface area contributed by atoms with Crippen LogP contribution in [-0.4, -0.2) is 39.6 Å². The molecule has 0 spiro atoms. The van der Waals surface area contributed by atoms with Gasteiger partial charge in [0.1, 0.15) is 0 Å². The first-order valence-corrected chi connectivity index (χ1v) is 6.35. The van der Waals surface area contributed by atoms with Gasteiger partial charge in [-0.05, 0) is 47.0 Å². The molecule has 90 valence electrons. The molecule has 1 heterocycles. The van der Waals surface area contributed by atoms with E-state index in [0.717, 1.165) is 0 Å². The van der Waals surface area contributed by atoms with Crippen LogP contribution >= 0.6 is 11.6 Å². The SMILES string of the molecule is CC1(C)CCCC(C)(C)N1CC(O)CCl. The number of aliphatic hydroxyl groups is 1. The predicted molar refractivity (Wildman–Crippen MR) is 65.4 cm³/mol. The van der Waals surface area contributed by atoms with Crippen molar-refractivity contribution < 1.29 is 5.11 Å². The molecule has 1 aliphatic heterocycles. The lowest BCUT2D eigenvalue weighted by atomic mass is 9.79. The zero-order valence-electron chi connectivity index (χ0n) is 10.4. The molecule has 0 radical (unpaired) electrons. The van der Waals surface area contributed by atoms with Gasteiger partial charge in [0.2, 0.25) is 0 Å². The Balaban J connectivity index is 2.77. The lowest BCUT2D eigenvalue weighted by Gasteiger charge is -2.53. The Kier molecular flexibility index (Phi) is 4.07. The van der Waals surface area contributed by atoms with Gasteiger partial charge in [0.25, 0.3) is 0 Å². The van der Waals surface area contributed by atoms with Crippen LogP contribution in [0.15, 0.2) is 0 Å². The summed E-state index contributed by atoms with van der Waals surface area (Å²) in [5.41, 5.74) is 0.351. The first-order chi connectivity index (χ1) is 6.79. The average molecular weight is 234 g/mol. The van der Waals surface area contributed by atoms with Crippen LogP contribution in [0.25, 0.3) is 0 Å². The van der Waals surface area contributed by atoms with Crippen LogP contribution in [-0.2, 0) is 0 Å². The Morgan fingerprint density at radius 3 is 2.07 bits per heavy atom. The number of hydrogen-bond acceptors (Lipinski definition) is 2. The van der Waals surface area contributed by atoms with Gasteiger partial charge in [-0.3, -0.25) is 4.90 Å². The van der Waals surface area contributed by atoms with Gasteiger partial charge in [0, 0.05) is 23.5 Å². The summed E-state index contributed by atoms with van der Waals surface area (Å²) in [7, 11) is 0. The molecular formula is C12H24ClNO. The minimum absolute atomic E-state index is 0.175. The van der Waals surface area contributed by atoms with Crippen molar-refractivity contribution in [2.75, 3.05) is 12.4 Å². The Bertz CT molecular complexity index is 200. The summed E-state index contributed by atoms with van der Waals surface area (Å²) in [5.74, 6) is 0.322. The van der Waals surface area contributed by atoms with Crippen molar-refractivity contribution in [3.05, 3.63) is 0 Å². The van der Waals surface area contributed by atoms with Crippen molar-refractivity contribution in [1.29, 1.82) is 0 Å². The van der Waals surface area contributed by atoms with Crippen molar-refractivity contribution in [2.24, 2.45) is 0 Å². The third-order valence-electron chi connectivity index (χ3n) is 3.61. The molecule has 0 amide bonds. The highest BCUT2D eigenvalue weighted by atomic mass is 35.5. The molecule has 1 fully saturated rings. The maximum atomic E-state index is 9.70. The summed E-state index contributed by atoms with van der Waals surface area (Å²) in [6, 6.07) is 0. The number of alkyl halides is 1. The largest absolute Gasteiger partial charge is 0.391 e. The van der Waals surface area contributed by atoms with Crippen molar-refractivity contribution in [3.8, 4) is 0 Å². The zero-order chi connectivity index (χ0) is 11.7. The molecule has 15 heavy (non-hydrogen) atoms. The Morgan fingerprint density at radius 2 is 1.67 bits per heavy atom. The molecule has 0 aromatic carbocycles. The van der Waals surface area contributed by atoms with Crippen LogP contribution in [0.4, 0.5) is 0 Å². The molecule has 0 aromatic rings. The highest BCUT2D eigenvalue weighted by Crippen LogP contribution is 2.38. The third kappa shape index (κ3) is 3.08. The molecule has 1 N–H and O–H groups in total. The standard InChI is InChI=1S/C12H24ClNO/c1-11(2)6-5-7-12(3,4)14(11)9-10(15)8-13/h10,15H,5-9H2,1-4H3. The van der Waals surface area contributed by atoms with Crippen LogP contribution < -0.4 is 0 Å². The highest BCUT2D eigenvalue weighted by molar-refractivity contribution is 6.18. The molecule has 0 aliphatic carbocycles. The lowest BCUT2D eigenvalue weighted by molar-refractivity contribution is -0.0502. The van der Waals surface area contributed by atoms with Crippen LogP contribution in [0.5, 0.6) is 0 Å². The Morgan fingerprint density at radius 1 is 1.20 bits per heavy atom. The van der Waals surface area contributed by atoms with Crippen molar-refractivity contribution in [1.82, 2.24) is 4.90 Å². The molecule has 0 saturated carbocycles. The van der Waals surface area contributed by atoms with Crippen LogP contribution in [0.3, 0.4) is 0 Å². The molecular weight excluding hydrogens is 210 g/mol. The van der Waals surface area contributed by atoms with Gasteiger partial charge in [-0.2, -0.15) is 0 Å². The van der Waals surface area contributed by atoms with E-state index in [0.29, 0.717) is 12.4 Å². The minimum atomic E-state index is -0.414. The van der Waals surface area contributed by atoms with E-state index in [1.807, 2.05) is 0 Å². The number of aliphatic hydroxyl groups excluding tert-OH is 1. The van der Waals surface area contributed by atoms with Gasteiger partial charge in [0.15, 0.2) is 0 Å². The predicted octanol–water partition coefficient (Wildman–Crippen LogP) is 2.63. The normalized spacial score (nSPS) is 27.6. The third-order valence-corrected chi connectivity index (χ3v) is 3.97. The first-order valence-electron chi connectivity index (χ1n) is 5.81. The van der Waals surface area contributed by atoms with Gasteiger partial charge in [-0.1, -0.05) is 0 Å². The summed E-state index contributed by atoms with van der Waals surface area (Å²) in [6.45, 7) is 9.72. The van der Waals surface area contributed by atoms with Crippen LogP contribution in [0, 0.1) is 0 Å². The van der Waals surface area contributed by atoms with Crippen molar-refractivity contribution in [2.45, 2.75) is 64.1 Å². The highest BCUT2D eigenvalue weighted by Gasteiger charge is 2.41. The van der Waals surface area contributed by atoms with E-state index in [1.54, 1.807) is 0 Å². The monoisotopic (exact) mass is 233 g/mol. The molecule has 1 aliphatic rings. The summed E-state index contributed by atoms with van der Waals surface area (Å²) < 4.78 is 0. The number of hydrogen-bond donors (Lipinski definition) is 1. The van der Waals surface area contributed by atoms with E-state index < -0.39 is 6.10 Å². The van der Waals surface area contributed by atoms with E-state index in [4.69, 9.17) is 11.6 Å². The summed E-state index contributed by atoms with van der Waals surface area (Å²) in [6.07, 6.45) is 3.26. The average Bonchev–Trinajstić information content (AvgIpc) is 2.10. The molecule has 1 rings (SSSR count). The second kappa shape index (κ2) is 4.60. The smallest absolute Gasteiger partial charge is 0.0802 e. The van der Waals surface area contributed by atoms with E-state index in [2.05, 4.69) is 32.6 Å². The number of piperidine rings is 1. The number of halogens is 1. The minimum Gasteiger partial charge on any atom is -0.391 e. The van der Waals surface area contributed by atoms with Crippen molar-refractivity contribution in [3.63, 3.8) is 0 Å². The van der Waals surface area contributed by atoms with Crippen LogP contribution in [0.2, 0.25) is 0 Å². The molecule has 1 unspecified atom stereocenters.